The highest BCUT2D eigenvalue weighted by molar-refractivity contribution is 5.79. The molecule has 2 aliphatic rings. The molecule has 194 valence electrons. The largest absolute Gasteiger partial charge is 0.394 e. The summed E-state index contributed by atoms with van der Waals surface area (Å²) in [4.78, 5) is 19.5. The van der Waals surface area contributed by atoms with Gasteiger partial charge in [0.1, 0.15) is 23.0 Å². The maximum absolute atomic E-state index is 10.0. The van der Waals surface area contributed by atoms with Gasteiger partial charge in [0.25, 0.3) is 0 Å². The Hall–Kier alpha value is -3.30. The van der Waals surface area contributed by atoms with E-state index in [1.807, 2.05) is 23.6 Å². The first kappa shape index (κ1) is 24.1. The summed E-state index contributed by atoms with van der Waals surface area (Å²) in [5, 5.41) is 15.1. The Kier molecular flexibility index (Phi) is 6.42. The smallest absolute Gasteiger partial charge is 0.160 e. The lowest BCUT2D eigenvalue weighted by atomic mass is 10.1. The van der Waals surface area contributed by atoms with Crippen LogP contribution < -0.4 is 9.80 Å². The molecule has 1 N–H and O–H groups in total. The molecule has 2 saturated heterocycles. The first-order valence-electron chi connectivity index (χ1n) is 13.4. The van der Waals surface area contributed by atoms with Crippen molar-refractivity contribution in [1.29, 1.82) is 0 Å². The number of ether oxygens (including phenoxy) is 1. The van der Waals surface area contributed by atoms with Gasteiger partial charge >= 0.3 is 0 Å². The van der Waals surface area contributed by atoms with Crippen LogP contribution in [0.2, 0.25) is 0 Å². The normalized spacial score (nSPS) is 18.8. The van der Waals surface area contributed by atoms with Gasteiger partial charge in [0.15, 0.2) is 5.65 Å². The molecule has 0 spiro atoms. The van der Waals surface area contributed by atoms with Crippen molar-refractivity contribution in [3.8, 4) is 11.4 Å². The van der Waals surface area contributed by atoms with Gasteiger partial charge in [-0.25, -0.2) is 15.0 Å². The fraction of sp³-hybridized carbons (Fsp3) is 0.500. The van der Waals surface area contributed by atoms with Crippen molar-refractivity contribution in [2.45, 2.75) is 58.5 Å². The summed E-state index contributed by atoms with van der Waals surface area (Å²) in [6, 6.07) is 10.8. The summed E-state index contributed by atoms with van der Waals surface area (Å²) in [6.45, 7) is 9.68. The highest BCUT2D eigenvalue weighted by Gasteiger charge is 2.29. The van der Waals surface area contributed by atoms with Crippen molar-refractivity contribution in [1.82, 2.24) is 24.6 Å². The van der Waals surface area contributed by atoms with Gasteiger partial charge in [-0.2, -0.15) is 9.61 Å². The number of hydrogen-bond acceptors (Lipinski definition) is 8. The standard InChI is InChI=1S/C28H35N7O2/c1-4-33(20-9-12-37-13-10-20)27-16-25(34-11-5-6-21(34)17-36)31-26-15-24(32-35(26)27)28-19(3)29-22-8-7-18(2)14-23(22)30-28/h7-8,14-16,20-21,36H,4-6,9-13,17H2,1-3H3/t21-/m0/s1. The first-order valence-corrected chi connectivity index (χ1v) is 13.4. The minimum absolute atomic E-state index is 0.0974. The minimum Gasteiger partial charge on any atom is -0.394 e. The molecule has 9 heteroatoms. The second-order valence-electron chi connectivity index (χ2n) is 10.2. The van der Waals surface area contributed by atoms with Crippen LogP contribution >= 0.6 is 0 Å². The average molecular weight is 502 g/mol. The van der Waals surface area contributed by atoms with E-state index < -0.39 is 0 Å². The number of hydrogen-bond donors (Lipinski definition) is 1. The van der Waals surface area contributed by atoms with Crippen molar-refractivity contribution >= 4 is 28.3 Å². The molecule has 0 saturated carbocycles. The molecule has 2 fully saturated rings. The molecule has 1 aromatic carbocycles. The third kappa shape index (κ3) is 4.40. The van der Waals surface area contributed by atoms with Crippen molar-refractivity contribution in [2.75, 3.05) is 42.7 Å². The van der Waals surface area contributed by atoms with Gasteiger partial charge in [-0.3, -0.25) is 0 Å². The Bertz CT molecular complexity index is 1430. The summed E-state index contributed by atoms with van der Waals surface area (Å²) in [7, 11) is 0. The Morgan fingerprint density at radius 2 is 1.86 bits per heavy atom. The van der Waals surface area contributed by atoms with Crippen molar-refractivity contribution < 1.29 is 9.84 Å². The SMILES string of the molecule is CCN(c1cc(N2CCC[C@H]2CO)nc2cc(-c3nc4cc(C)ccc4nc3C)nn12)C1CCOCC1. The van der Waals surface area contributed by atoms with Crippen molar-refractivity contribution in [2.24, 2.45) is 0 Å². The van der Waals surface area contributed by atoms with Crippen LogP contribution in [-0.4, -0.2) is 74.7 Å². The number of aromatic nitrogens is 5. The van der Waals surface area contributed by atoms with E-state index in [0.29, 0.717) is 6.04 Å². The summed E-state index contributed by atoms with van der Waals surface area (Å²) >= 11 is 0. The molecule has 4 aromatic rings. The van der Waals surface area contributed by atoms with Crippen molar-refractivity contribution in [3.63, 3.8) is 0 Å². The molecule has 0 amide bonds. The topological polar surface area (TPSA) is 91.9 Å². The van der Waals surface area contributed by atoms with Gasteiger partial charge in [0.2, 0.25) is 0 Å². The Balaban J connectivity index is 1.51. The van der Waals surface area contributed by atoms with E-state index in [2.05, 4.69) is 41.8 Å². The third-order valence-corrected chi connectivity index (χ3v) is 7.78. The molecule has 1 atom stereocenters. The van der Waals surface area contributed by atoms with Crippen LogP contribution in [0.15, 0.2) is 30.3 Å². The molecule has 9 nitrogen and oxygen atoms in total. The maximum Gasteiger partial charge on any atom is 0.160 e. The third-order valence-electron chi connectivity index (χ3n) is 7.78. The predicted octanol–water partition coefficient (Wildman–Crippen LogP) is 3.92. The van der Waals surface area contributed by atoms with Gasteiger partial charge in [-0.05, 0) is 64.2 Å². The zero-order chi connectivity index (χ0) is 25.5. The molecular formula is C28H35N7O2. The van der Waals surface area contributed by atoms with E-state index in [4.69, 9.17) is 24.8 Å². The number of aliphatic hydroxyl groups is 1. The second-order valence-corrected chi connectivity index (χ2v) is 10.2. The van der Waals surface area contributed by atoms with E-state index in [9.17, 15) is 5.11 Å². The number of anilines is 2. The van der Waals surface area contributed by atoms with Crippen LogP contribution in [0.4, 0.5) is 11.6 Å². The number of fused-ring (bicyclic) bond motifs is 2. The summed E-state index contributed by atoms with van der Waals surface area (Å²) in [5.41, 5.74) is 6.07. The van der Waals surface area contributed by atoms with Gasteiger partial charge < -0.3 is 19.6 Å². The maximum atomic E-state index is 10.0. The molecule has 6 rings (SSSR count). The Morgan fingerprint density at radius 3 is 2.65 bits per heavy atom. The molecule has 5 heterocycles. The molecule has 0 radical (unpaired) electrons. The monoisotopic (exact) mass is 501 g/mol. The van der Waals surface area contributed by atoms with Gasteiger partial charge in [0, 0.05) is 44.5 Å². The first-order chi connectivity index (χ1) is 18.1. The number of aryl methyl sites for hydroxylation is 2. The Morgan fingerprint density at radius 1 is 1.03 bits per heavy atom. The lowest BCUT2D eigenvalue weighted by Crippen LogP contribution is -2.41. The van der Waals surface area contributed by atoms with Gasteiger partial charge in [-0.15, -0.1) is 0 Å². The van der Waals surface area contributed by atoms with Gasteiger partial charge in [0.05, 0.1) is 29.4 Å². The van der Waals surface area contributed by atoms with Gasteiger partial charge in [-0.1, -0.05) is 6.07 Å². The van der Waals surface area contributed by atoms with Crippen LogP contribution in [-0.2, 0) is 4.74 Å². The molecule has 0 aliphatic carbocycles. The summed E-state index contributed by atoms with van der Waals surface area (Å²) in [5.74, 6) is 1.92. The molecule has 3 aromatic heterocycles. The fourth-order valence-electron chi connectivity index (χ4n) is 5.84. The zero-order valence-electron chi connectivity index (χ0n) is 21.9. The van der Waals surface area contributed by atoms with E-state index in [0.717, 1.165) is 103 Å². The molecule has 37 heavy (non-hydrogen) atoms. The van der Waals surface area contributed by atoms with E-state index in [1.165, 1.54) is 0 Å². The van der Waals surface area contributed by atoms with Crippen LogP contribution in [0.5, 0.6) is 0 Å². The summed E-state index contributed by atoms with van der Waals surface area (Å²) in [6.07, 6.45) is 4.00. The lowest BCUT2D eigenvalue weighted by Gasteiger charge is -2.36. The number of rotatable bonds is 6. The van der Waals surface area contributed by atoms with E-state index in [1.54, 1.807) is 0 Å². The second kappa shape index (κ2) is 9.87. The highest BCUT2D eigenvalue weighted by Crippen LogP contribution is 2.32. The summed E-state index contributed by atoms with van der Waals surface area (Å²) < 4.78 is 7.62. The van der Waals surface area contributed by atoms with Crippen LogP contribution in [0.3, 0.4) is 0 Å². The highest BCUT2D eigenvalue weighted by atomic mass is 16.5. The quantitative estimate of drug-likeness (QED) is 0.425. The van der Waals surface area contributed by atoms with Crippen molar-refractivity contribution in [3.05, 3.63) is 41.6 Å². The molecular weight excluding hydrogens is 466 g/mol. The molecule has 0 unspecified atom stereocenters. The molecule has 2 aliphatic heterocycles. The van der Waals surface area contributed by atoms with Crippen LogP contribution in [0.25, 0.3) is 28.1 Å². The lowest BCUT2D eigenvalue weighted by molar-refractivity contribution is 0.0844. The minimum atomic E-state index is 0.0974. The fourth-order valence-corrected chi connectivity index (χ4v) is 5.84. The molecule has 0 bridgehead atoms. The Labute approximate surface area is 217 Å². The zero-order valence-corrected chi connectivity index (χ0v) is 21.9. The van der Waals surface area contributed by atoms with E-state index in [-0.39, 0.29) is 12.6 Å². The average Bonchev–Trinajstić information content (AvgIpc) is 3.56. The van der Waals surface area contributed by atoms with Crippen LogP contribution in [0, 0.1) is 13.8 Å². The van der Waals surface area contributed by atoms with E-state index >= 15 is 0 Å². The number of nitrogens with zero attached hydrogens (tertiary/aromatic N) is 7. The number of benzene rings is 1. The predicted molar refractivity (Wildman–Crippen MR) is 145 cm³/mol. The van der Waals surface area contributed by atoms with Crippen LogP contribution in [0.1, 0.15) is 43.9 Å². The number of aliphatic hydroxyl groups excluding tert-OH is 1.